The normalized spacial score (nSPS) is 24.4. The quantitative estimate of drug-likeness (QED) is 0.795. The van der Waals surface area contributed by atoms with Gasteiger partial charge in [-0.15, -0.1) is 0 Å². The van der Waals surface area contributed by atoms with Crippen molar-refractivity contribution in [3.63, 3.8) is 0 Å². The van der Waals surface area contributed by atoms with Gasteiger partial charge >= 0.3 is 0 Å². The van der Waals surface area contributed by atoms with Crippen LogP contribution in [0.2, 0.25) is 5.15 Å². The van der Waals surface area contributed by atoms with Crippen molar-refractivity contribution >= 4 is 23.3 Å². The Balaban J connectivity index is 2.05. The third kappa shape index (κ3) is 2.96. The molecule has 1 amide bonds. The van der Waals surface area contributed by atoms with Crippen LogP contribution in [-0.2, 0) is 4.79 Å². The summed E-state index contributed by atoms with van der Waals surface area (Å²) in [6.07, 6.45) is 3.04. The van der Waals surface area contributed by atoms with E-state index in [-0.39, 0.29) is 5.91 Å². The van der Waals surface area contributed by atoms with Gasteiger partial charge in [-0.2, -0.15) is 0 Å². The molecule has 0 aliphatic carbocycles. The lowest BCUT2D eigenvalue weighted by Gasteiger charge is -2.33. The van der Waals surface area contributed by atoms with Gasteiger partial charge in [0.2, 0.25) is 5.91 Å². The number of hydrogen-bond acceptors (Lipinski definition) is 3. The molecular formula is C12H16ClN3O. The molecule has 5 heteroatoms. The van der Waals surface area contributed by atoms with Gasteiger partial charge in [0.05, 0.1) is 5.54 Å². The second-order valence-corrected chi connectivity index (χ2v) is 4.90. The lowest BCUT2D eigenvalue weighted by molar-refractivity contribution is -0.122. The van der Waals surface area contributed by atoms with Crippen molar-refractivity contribution in [2.75, 3.05) is 11.9 Å². The van der Waals surface area contributed by atoms with Gasteiger partial charge in [-0.1, -0.05) is 17.7 Å². The highest BCUT2D eigenvalue weighted by atomic mass is 35.5. The minimum absolute atomic E-state index is 0.0491. The lowest BCUT2D eigenvalue weighted by atomic mass is 9.90. The first-order chi connectivity index (χ1) is 8.10. The molecule has 0 aromatic carbocycles. The largest absolute Gasteiger partial charge is 0.309 e. The Morgan fingerprint density at radius 3 is 3.00 bits per heavy atom. The van der Waals surface area contributed by atoms with Gasteiger partial charge in [-0.25, -0.2) is 4.98 Å². The minimum atomic E-state index is -0.498. The number of aromatic nitrogens is 1. The smallest absolute Gasteiger partial charge is 0.245 e. The van der Waals surface area contributed by atoms with Crippen molar-refractivity contribution in [3.8, 4) is 0 Å². The summed E-state index contributed by atoms with van der Waals surface area (Å²) in [5.74, 6) is 0.447. The van der Waals surface area contributed by atoms with Crippen molar-refractivity contribution in [2.24, 2.45) is 0 Å². The first-order valence-corrected chi connectivity index (χ1v) is 6.17. The van der Waals surface area contributed by atoms with Crippen molar-refractivity contribution in [1.29, 1.82) is 0 Å². The fourth-order valence-electron chi connectivity index (χ4n) is 1.98. The van der Waals surface area contributed by atoms with Crippen LogP contribution < -0.4 is 10.6 Å². The number of hydrogen-bond donors (Lipinski definition) is 2. The number of anilines is 1. The number of piperidine rings is 1. The van der Waals surface area contributed by atoms with Gasteiger partial charge in [0.25, 0.3) is 0 Å². The topological polar surface area (TPSA) is 54.0 Å². The molecule has 0 radical (unpaired) electrons. The molecule has 0 bridgehead atoms. The van der Waals surface area contributed by atoms with Crippen molar-refractivity contribution in [1.82, 2.24) is 10.3 Å². The summed E-state index contributed by atoms with van der Waals surface area (Å²) in [7, 11) is 0. The van der Waals surface area contributed by atoms with E-state index < -0.39 is 5.54 Å². The van der Waals surface area contributed by atoms with Crippen LogP contribution in [0.5, 0.6) is 0 Å². The zero-order chi connectivity index (χ0) is 12.3. The summed E-state index contributed by atoms with van der Waals surface area (Å²) < 4.78 is 0. The molecule has 1 aliphatic rings. The SMILES string of the molecule is CC1(C(=O)Nc2cccc(Cl)n2)CCCCN1. The molecule has 1 aromatic heterocycles. The molecule has 2 heterocycles. The summed E-state index contributed by atoms with van der Waals surface area (Å²) in [5, 5.41) is 6.43. The fourth-order valence-corrected chi connectivity index (χ4v) is 2.15. The molecule has 1 atom stereocenters. The lowest BCUT2D eigenvalue weighted by Crippen LogP contribution is -2.54. The van der Waals surface area contributed by atoms with E-state index in [9.17, 15) is 4.79 Å². The third-order valence-electron chi connectivity index (χ3n) is 3.08. The third-order valence-corrected chi connectivity index (χ3v) is 3.29. The van der Waals surface area contributed by atoms with E-state index >= 15 is 0 Å². The number of pyridine rings is 1. The summed E-state index contributed by atoms with van der Waals surface area (Å²) in [4.78, 5) is 16.2. The molecule has 17 heavy (non-hydrogen) atoms. The van der Waals surface area contributed by atoms with E-state index in [4.69, 9.17) is 11.6 Å². The zero-order valence-corrected chi connectivity index (χ0v) is 10.5. The van der Waals surface area contributed by atoms with Gasteiger partial charge in [0, 0.05) is 0 Å². The van der Waals surface area contributed by atoms with E-state index in [0.717, 1.165) is 25.8 Å². The number of amides is 1. The summed E-state index contributed by atoms with van der Waals surface area (Å²) in [5.41, 5.74) is -0.498. The van der Waals surface area contributed by atoms with Crippen LogP contribution in [0.25, 0.3) is 0 Å². The molecule has 1 aliphatic heterocycles. The van der Waals surface area contributed by atoms with Crippen molar-refractivity contribution in [3.05, 3.63) is 23.4 Å². The Kier molecular flexibility index (Phi) is 3.64. The van der Waals surface area contributed by atoms with E-state index in [1.807, 2.05) is 6.92 Å². The summed E-state index contributed by atoms with van der Waals surface area (Å²) >= 11 is 5.77. The first kappa shape index (κ1) is 12.3. The van der Waals surface area contributed by atoms with Crippen LogP contribution in [0.4, 0.5) is 5.82 Å². The predicted octanol–water partition coefficient (Wildman–Crippen LogP) is 2.21. The fraction of sp³-hybridized carbons (Fsp3) is 0.500. The Bertz CT molecular complexity index is 416. The van der Waals surface area contributed by atoms with E-state index in [1.165, 1.54) is 0 Å². The summed E-state index contributed by atoms with van der Waals surface area (Å²) in [6, 6.07) is 5.18. The van der Waals surface area contributed by atoms with Crippen molar-refractivity contribution < 1.29 is 4.79 Å². The predicted molar refractivity (Wildman–Crippen MR) is 68.1 cm³/mol. The van der Waals surface area contributed by atoms with Crippen LogP contribution in [-0.4, -0.2) is 23.0 Å². The first-order valence-electron chi connectivity index (χ1n) is 5.79. The molecule has 1 fully saturated rings. The van der Waals surface area contributed by atoms with Gasteiger partial charge in [0.1, 0.15) is 11.0 Å². The number of halogens is 1. The standard InChI is InChI=1S/C12H16ClN3O/c1-12(7-2-3-8-14-12)11(17)16-10-6-4-5-9(13)15-10/h4-6,14H,2-3,7-8H2,1H3,(H,15,16,17). The molecule has 92 valence electrons. The molecule has 0 spiro atoms. The average molecular weight is 254 g/mol. The van der Waals surface area contributed by atoms with Crippen LogP contribution in [0, 0.1) is 0 Å². The monoisotopic (exact) mass is 253 g/mol. The Labute approximate surface area is 106 Å². The molecule has 2 N–H and O–H groups in total. The molecule has 2 rings (SSSR count). The van der Waals surface area contributed by atoms with E-state index in [2.05, 4.69) is 15.6 Å². The Hall–Kier alpha value is -1.13. The number of rotatable bonds is 2. The molecule has 1 aromatic rings. The molecular weight excluding hydrogens is 238 g/mol. The van der Waals surface area contributed by atoms with Crippen LogP contribution >= 0.6 is 11.6 Å². The second kappa shape index (κ2) is 5.02. The van der Waals surface area contributed by atoms with Crippen molar-refractivity contribution in [2.45, 2.75) is 31.7 Å². The number of carbonyl (C=O) groups excluding carboxylic acids is 1. The second-order valence-electron chi connectivity index (χ2n) is 4.52. The maximum absolute atomic E-state index is 12.1. The summed E-state index contributed by atoms with van der Waals surface area (Å²) in [6.45, 7) is 2.80. The van der Waals surface area contributed by atoms with E-state index in [1.54, 1.807) is 18.2 Å². The molecule has 1 saturated heterocycles. The maximum atomic E-state index is 12.1. The van der Waals surface area contributed by atoms with Crippen LogP contribution in [0.3, 0.4) is 0 Å². The van der Waals surface area contributed by atoms with E-state index in [0.29, 0.717) is 11.0 Å². The average Bonchev–Trinajstić information content (AvgIpc) is 2.30. The highest BCUT2D eigenvalue weighted by molar-refractivity contribution is 6.29. The Morgan fingerprint density at radius 2 is 2.35 bits per heavy atom. The molecule has 0 saturated carbocycles. The maximum Gasteiger partial charge on any atom is 0.245 e. The van der Waals surface area contributed by atoms with Crippen LogP contribution in [0.1, 0.15) is 26.2 Å². The number of carbonyl (C=O) groups is 1. The Morgan fingerprint density at radius 1 is 1.53 bits per heavy atom. The highest BCUT2D eigenvalue weighted by Crippen LogP contribution is 2.20. The van der Waals surface area contributed by atoms with Gasteiger partial charge in [-0.3, -0.25) is 4.79 Å². The van der Waals surface area contributed by atoms with Gasteiger partial charge in [0.15, 0.2) is 0 Å². The van der Waals surface area contributed by atoms with Crippen LogP contribution in [0.15, 0.2) is 18.2 Å². The van der Waals surface area contributed by atoms with Gasteiger partial charge < -0.3 is 10.6 Å². The number of nitrogens with one attached hydrogen (secondary N) is 2. The highest BCUT2D eigenvalue weighted by Gasteiger charge is 2.34. The number of nitrogens with zero attached hydrogens (tertiary/aromatic N) is 1. The molecule has 4 nitrogen and oxygen atoms in total. The van der Waals surface area contributed by atoms with Gasteiger partial charge in [-0.05, 0) is 44.9 Å². The molecule has 1 unspecified atom stereocenters. The zero-order valence-electron chi connectivity index (χ0n) is 9.79. The minimum Gasteiger partial charge on any atom is -0.309 e.